The molecule has 0 aliphatic heterocycles. The molecular weight excluding hydrogens is 528 g/mol. The van der Waals surface area contributed by atoms with Gasteiger partial charge in [0.1, 0.15) is 17.3 Å². The fourth-order valence-electron chi connectivity index (χ4n) is 5.52. The summed E-state index contributed by atoms with van der Waals surface area (Å²) in [5, 5.41) is 15.1. The molecule has 0 unspecified atom stereocenters. The molecule has 1 aromatic rings. The second kappa shape index (κ2) is 15.5. The summed E-state index contributed by atoms with van der Waals surface area (Å²) in [6.45, 7) is 6.11. The molecule has 3 rings (SSSR count). The number of unbranched alkanes of at least 4 members (excludes halogenated alkanes) is 1. The monoisotopic (exact) mass is 574 g/mol. The Hall–Kier alpha value is -2.55. The molecule has 0 bridgehead atoms. The summed E-state index contributed by atoms with van der Waals surface area (Å²) in [6, 6.07) is 5.54. The number of hydrogen-bond donors (Lipinski definition) is 3. The van der Waals surface area contributed by atoms with Crippen LogP contribution in [0.25, 0.3) is 0 Å². The van der Waals surface area contributed by atoms with Crippen molar-refractivity contribution in [3.8, 4) is 5.75 Å². The highest BCUT2D eigenvalue weighted by Gasteiger charge is 2.45. The van der Waals surface area contributed by atoms with Crippen molar-refractivity contribution in [3.63, 3.8) is 0 Å². The number of amides is 2. The van der Waals surface area contributed by atoms with E-state index in [-0.39, 0.29) is 41.6 Å². The van der Waals surface area contributed by atoms with Crippen LogP contribution in [-0.4, -0.2) is 51.4 Å². The van der Waals surface area contributed by atoms with Crippen molar-refractivity contribution in [3.05, 3.63) is 29.8 Å². The van der Waals surface area contributed by atoms with Crippen LogP contribution in [-0.2, 0) is 30.3 Å². The first kappa shape index (κ1) is 32.0. The Morgan fingerprint density at radius 1 is 1.02 bits per heavy atom. The average molecular weight is 575 g/mol. The highest BCUT2D eigenvalue weighted by atomic mass is 32.2. The number of phenolic OH excluding ortho intramolecular Hbond substituents is 1. The van der Waals surface area contributed by atoms with Crippen LogP contribution < -0.4 is 10.6 Å². The minimum Gasteiger partial charge on any atom is -0.508 e. The molecule has 0 radical (unpaired) electrons. The smallest absolute Gasteiger partial charge is 0.328 e. The van der Waals surface area contributed by atoms with Crippen molar-refractivity contribution in [1.29, 1.82) is 0 Å². The molecule has 222 valence electrons. The van der Waals surface area contributed by atoms with Gasteiger partial charge in [0.15, 0.2) is 5.12 Å². The Balaban J connectivity index is 1.74. The molecule has 2 amide bonds. The normalized spacial score (nSPS) is 18.6. The van der Waals surface area contributed by atoms with E-state index in [9.17, 15) is 24.3 Å². The number of benzene rings is 1. The summed E-state index contributed by atoms with van der Waals surface area (Å²) in [4.78, 5) is 53.5. The maximum atomic E-state index is 13.8. The zero-order valence-corrected chi connectivity index (χ0v) is 25.0. The fraction of sp³-hybridized carbons (Fsp3) is 0.677. The van der Waals surface area contributed by atoms with Crippen LogP contribution in [0.2, 0.25) is 0 Å². The molecule has 0 saturated heterocycles. The third kappa shape index (κ3) is 8.98. The lowest BCUT2D eigenvalue weighted by Gasteiger charge is -2.33. The van der Waals surface area contributed by atoms with Gasteiger partial charge in [0, 0.05) is 12.3 Å². The first-order valence-electron chi connectivity index (χ1n) is 14.9. The summed E-state index contributed by atoms with van der Waals surface area (Å²) >= 11 is 1.12. The van der Waals surface area contributed by atoms with Crippen molar-refractivity contribution in [2.24, 2.45) is 11.8 Å². The van der Waals surface area contributed by atoms with Gasteiger partial charge in [0.25, 0.3) is 0 Å². The average Bonchev–Trinajstić information content (AvgIpc) is 3.42. The Labute approximate surface area is 242 Å². The molecule has 2 aliphatic carbocycles. The lowest BCUT2D eigenvalue weighted by atomic mass is 9.90. The number of carbonyl (C=O) groups is 4. The predicted molar refractivity (Wildman–Crippen MR) is 157 cm³/mol. The van der Waals surface area contributed by atoms with Crippen molar-refractivity contribution in [2.75, 3.05) is 6.61 Å². The minimum absolute atomic E-state index is 0.00378. The molecule has 40 heavy (non-hydrogen) atoms. The number of carbonyl (C=O) groups excluding carboxylic acids is 4. The number of thioether (sulfide) groups is 1. The van der Waals surface area contributed by atoms with Gasteiger partial charge in [-0.05, 0) is 55.7 Å². The van der Waals surface area contributed by atoms with Gasteiger partial charge in [-0.25, -0.2) is 4.79 Å². The van der Waals surface area contributed by atoms with Crippen molar-refractivity contribution in [1.82, 2.24) is 10.6 Å². The van der Waals surface area contributed by atoms with Crippen LogP contribution in [0.3, 0.4) is 0 Å². The SMILES string of the molecule is CCCCOC(=O)[C@H](Cc1ccc(O)cc1)NC(=O)C1(NC(=O)[C@H](SC(=O)C2CCCCC2)C(C)C)CCCC1. The van der Waals surface area contributed by atoms with E-state index in [0.29, 0.717) is 12.8 Å². The van der Waals surface area contributed by atoms with Gasteiger partial charge in [0.2, 0.25) is 11.8 Å². The molecule has 2 saturated carbocycles. The first-order valence-corrected chi connectivity index (χ1v) is 15.8. The van der Waals surface area contributed by atoms with E-state index in [4.69, 9.17) is 4.74 Å². The van der Waals surface area contributed by atoms with Crippen molar-refractivity contribution < 1.29 is 29.0 Å². The summed E-state index contributed by atoms with van der Waals surface area (Å²) in [5.41, 5.74) is -0.382. The molecule has 2 aliphatic rings. The Bertz CT molecular complexity index is 1000. The molecule has 2 fully saturated rings. The summed E-state index contributed by atoms with van der Waals surface area (Å²) in [5.74, 6) is -1.21. The van der Waals surface area contributed by atoms with E-state index >= 15 is 0 Å². The third-order valence-corrected chi connectivity index (χ3v) is 9.59. The highest BCUT2D eigenvalue weighted by Crippen LogP contribution is 2.34. The second-order valence-corrected chi connectivity index (χ2v) is 12.8. The van der Waals surface area contributed by atoms with Crippen LogP contribution in [0, 0.1) is 11.8 Å². The number of rotatable bonds is 13. The fourth-order valence-corrected chi connectivity index (χ4v) is 6.64. The van der Waals surface area contributed by atoms with Gasteiger partial charge >= 0.3 is 5.97 Å². The van der Waals surface area contributed by atoms with E-state index in [2.05, 4.69) is 10.6 Å². The lowest BCUT2D eigenvalue weighted by molar-refractivity contribution is -0.149. The van der Waals surface area contributed by atoms with Gasteiger partial charge < -0.3 is 20.5 Å². The zero-order chi connectivity index (χ0) is 29.1. The van der Waals surface area contributed by atoms with E-state index in [1.54, 1.807) is 12.1 Å². The van der Waals surface area contributed by atoms with Gasteiger partial charge in [-0.3, -0.25) is 14.4 Å². The topological polar surface area (TPSA) is 122 Å². The number of nitrogens with one attached hydrogen (secondary N) is 2. The number of ether oxygens (including phenoxy) is 1. The Morgan fingerprint density at radius 2 is 1.68 bits per heavy atom. The molecule has 8 nitrogen and oxygen atoms in total. The number of aromatic hydroxyl groups is 1. The summed E-state index contributed by atoms with van der Waals surface area (Å²) in [6.07, 6.45) is 9.27. The predicted octanol–water partition coefficient (Wildman–Crippen LogP) is 5.06. The first-order chi connectivity index (χ1) is 19.1. The zero-order valence-electron chi connectivity index (χ0n) is 24.2. The Kier molecular flexibility index (Phi) is 12.3. The van der Waals surface area contributed by atoms with Crippen LogP contribution in [0.4, 0.5) is 0 Å². The largest absolute Gasteiger partial charge is 0.508 e. The van der Waals surface area contributed by atoms with Crippen LogP contribution in [0.15, 0.2) is 24.3 Å². The molecule has 0 aromatic heterocycles. The van der Waals surface area contributed by atoms with E-state index in [1.165, 1.54) is 12.1 Å². The van der Waals surface area contributed by atoms with E-state index in [1.807, 2.05) is 20.8 Å². The van der Waals surface area contributed by atoms with Gasteiger partial charge in [-0.15, -0.1) is 0 Å². The van der Waals surface area contributed by atoms with Gasteiger partial charge in [0.05, 0.1) is 11.9 Å². The third-order valence-electron chi connectivity index (χ3n) is 8.01. The minimum atomic E-state index is -1.14. The van der Waals surface area contributed by atoms with Gasteiger partial charge in [-0.1, -0.05) is 83.2 Å². The second-order valence-electron chi connectivity index (χ2n) is 11.6. The number of esters is 1. The van der Waals surface area contributed by atoms with E-state index < -0.39 is 28.7 Å². The van der Waals surface area contributed by atoms with Crippen molar-refractivity contribution >= 4 is 34.7 Å². The molecule has 0 heterocycles. The highest BCUT2D eigenvalue weighted by molar-refractivity contribution is 8.14. The van der Waals surface area contributed by atoms with Crippen molar-refractivity contribution in [2.45, 2.75) is 115 Å². The molecule has 0 spiro atoms. The summed E-state index contributed by atoms with van der Waals surface area (Å²) < 4.78 is 5.46. The van der Waals surface area contributed by atoms with Crippen LogP contribution >= 0.6 is 11.8 Å². The standard InChI is InChI=1S/C31H46N2O6S/c1-4-5-19-39-28(36)25(20-22-13-15-24(34)16-14-22)32-30(38)31(17-9-10-18-31)33-27(35)26(21(2)3)40-29(37)23-11-7-6-8-12-23/h13-16,21,23,25-26,34H,4-12,17-20H2,1-3H3,(H,32,38)(H,33,35)/t25-,26+/m0/s1. The molecule has 3 N–H and O–H groups in total. The van der Waals surface area contributed by atoms with E-state index in [0.717, 1.165) is 75.1 Å². The maximum Gasteiger partial charge on any atom is 0.328 e. The Morgan fingerprint density at radius 3 is 2.27 bits per heavy atom. The number of hydrogen-bond acceptors (Lipinski definition) is 7. The molecule has 2 atom stereocenters. The van der Waals surface area contributed by atoms with Crippen LogP contribution in [0.1, 0.15) is 97.0 Å². The lowest BCUT2D eigenvalue weighted by Crippen LogP contribution is -2.61. The quantitative estimate of drug-likeness (QED) is 0.222. The van der Waals surface area contributed by atoms with Crippen LogP contribution in [0.5, 0.6) is 5.75 Å². The number of phenols is 1. The van der Waals surface area contributed by atoms with Gasteiger partial charge in [-0.2, -0.15) is 0 Å². The maximum absolute atomic E-state index is 13.8. The molecule has 1 aromatic carbocycles. The molecule has 9 heteroatoms. The molecular formula is C31H46N2O6S. The summed E-state index contributed by atoms with van der Waals surface area (Å²) in [7, 11) is 0.